The van der Waals surface area contributed by atoms with E-state index in [0.29, 0.717) is 6.04 Å². The van der Waals surface area contributed by atoms with Gasteiger partial charge in [-0.05, 0) is 49.8 Å². The molecule has 0 aromatic heterocycles. The molecule has 2 atom stereocenters. The zero-order chi connectivity index (χ0) is 14.4. The molecule has 0 aliphatic rings. The van der Waals surface area contributed by atoms with Gasteiger partial charge in [0, 0.05) is 35.6 Å². The van der Waals surface area contributed by atoms with Crippen molar-refractivity contribution < 1.29 is 0 Å². The smallest absolute Gasteiger partial charge is 0.0410 e. The van der Waals surface area contributed by atoms with Crippen LogP contribution in [0.1, 0.15) is 25.8 Å². The number of nitrogens with two attached hydrogens (primary N) is 1. The molecule has 0 aliphatic carbocycles. The van der Waals surface area contributed by atoms with Crippen molar-refractivity contribution in [2.24, 2.45) is 5.73 Å². The summed E-state index contributed by atoms with van der Waals surface area (Å²) in [5, 5.41) is 0.783. The van der Waals surface area contributed by atoms with Gasteiger partial charge < -0.3 is 10.6 Å². The summed E-state index contributed by atoms with van der Waals surface area (Å²) in [6, 6.07) is 6.81. The Bertz CT molecular complexity index is 396. The van der Waals surface area contributed by atoms with Gasteiger partial charge >= 0.3 is 0 Å². The second-order valence-electron chi connectivity index (χ2n) is 5.08. The van der Waals surface area contributed by atoms with Crippen LogP contribution in [0, 0.1) is 0 Å². The maximum atomic E-state index is 6.12. The van der Waals surface area contributed by atoms with E-state index in [9.17, 15) is 0 Å². The van der Waals surface area contributed by atoms with Gasteiger partial charge in [0.2, 0.25) is 0 Å². The first-order valence-corrected chi connectivity index (χ1v) is 8.52. The molecule has 2 nitrogen and oxygen atoms in total. The van der Waals surface area contributed by atoms with E-state index in [0.717, 1.165) is 23.6 Å². The number of thioether (sulfide) groups is 1. The highest BCUT2D eigenvalue weighted by molar-refractivity contribution is 7.98. The van der Waals surface area contributed by atoms with Crippen molar-refractivity contribution in [3.05, 3.63) is 28.8 Å². The number of halogens is 1. The molecule has 2 N–H and O–H groups in total. The SMILES string of the molecule is CCC(CSC)N(C)c1ccc(Cl)cc1CC(C)N. The molecule has 0 heterocycles. The first-order valence-electron chi connectivity index (χ1n) is 6.75. The standard InChI is InChI=1S/C15H25ClN2S/c1-5-14(10-19-4)18(3)15-7-6-13(16)9-12(15)8-11(2)17/h6-7,9,11,14H,5,8,10,17H2,1-4H3. The first-order chi connectivity index (χ1) is 8.99. The van der Waals surface area contributed by atoms with Gasteiger partial charge in [0.05, 0.1) is 0 Å². The van der Waals surface area contributed by atoms with Crippen LogP contribution in [0.3, 0.4) is 0 Å². The Morgan fingerprint density at radius 1 is 1.42 bits per heavy atom. The molecule has 0 saturated carbocycles. The number of anilines is 1. The van der Waals surface area contributed by atoms with E-state index in [-0.39, 0.29) is 6.04 Å². The van der Waals surface area contributed by atoms with Crippen LogP contribution in [0.2, 0.25) is 5.02 Å². The third-order valence-electron chi connectivity index (χ3n) is 3.34. The Hall–Kier alpha value is -0.380. The summed E-state index contributed by atoms with van der Waals surface area (Å²) in [5.74, 6) is 1.13. The molecule has 2 unspecified atom stereocenters. The summed E-state index contributed by atoms with van der Waals surface area (Å²) in [4.78, 5) is 2.37. The fourth-order valence-corrected chi connectivity index (χ4v) is 3.34. The summed E-state index contributed by atoms with van der Waals surface area (Å²) >= 11 is 8.00. The van der Waals surface area contributed by atoms with Gasteiger partial charge in [0.15, 0.2) is 0 Å². The Kier molecular flexibility index (Phi) is 7.05. The molecule has 0 aliphatic heterocycles. The van der Waals surface area contributed by atoms with E-state index < -0.39 is 0 Å². The van der Waals surface area contributed by atoms with Crippen molar-refractivity contribution in [1.29, 1.82) is 0 Å². The molecule has 0 radical (unpaired) electrons. The highest BCUT2D eigenvalue weighted by atomic mass is 35.5. The predicted octanol–water partition coefficient (Wildman–Crippen LogP) is 3.81. The summed E-state index contributed by atoms with van der Waals surface area (Å²) in [6.07, 6.45) is 4.15. The summed E-state index contributed by atoms with van der Waals surface area (Å²) in [7, 11) is 2.16. The molecular weight excluding hydrogens is 276 g/mol. The van der Waals surface area contributed by atoms with Crippen molar-refractivity contribution in [3.8, 4) is 0 Å². The number of hydrogen-bond acceptors (Lipinski definition) is 3. The van der Waals surface area contributed by atoms with Gasteiger partial charge in [-0.25, -0.2) is 0 Å². The highest BCUT2D eigenvalue weighted by Gasteiger charge is 2.16. The molecule has 0 fully saturated rings. The second-order valence-corrected chi connectivity index (χ2v) is 6.43. The molecule has 1 rings (SSSR count). The molecule has 0 saturated heterocycles. The molecular formula is C15H25ClN2S. The Morgan fingerprint density at radius 2 is 2.11 bits per heavy atom. The lowest BCUT2D eigenvalue weighted by Crippen LogP contribution is -2.34. The Morgan fingerprint density at radius 3 is 2.63 bits per heavy atom. The van der Waals surface area contributed by atoms with Crippen LogP contribution >= 0.6 is 23.4 Å². The van der Waals surface area contributed by atoms with Gasteiger partial charge in [-0.15, -0.1) is 0 Å². The minimum atomic E-state index is 0.145. The average molecular weight is 301 g/mol. The number of hydrogen-bond donors (Lipinski definition) is 1. The van der Waals surface area contributed by atoms with Crippen LogP contribution in [-0.4, -0.2) is 31.1 Å². The van der Waals surface area contributed by atoms with Crippen molar-refractivity contribution in [1.82, 2.24) is 0 Å². The van der Waals surface area contributed by atoms with Crippen LogP contribution in [0.4, 0.5) is 5.69 Å². The molecule has 108 valence electrons. The van der Waals surface area contributed by atoms with Gasteiger partial charge in [0.25, 0.3) is 0 Å². The number of nitrogens with zero attached hydrogens (tertiary/aromatic N) is 1. The van der Waals surface area contributed by atoms with Crippen LogP contribution in [0.25, 0.3) is 0 Å². The fourth-order valence-electron chi connectivity index (χ4n) is 2.30. The molecule has 4 heteroatoms. The zero-order valence-electron chi connectivity index (χ0n) is 12.3. The van der Waals surface area contributed by atoms with Gasteiger partial charge in [0.1, 0.15) is 0 Å². The normalized spacial score (nSPS) is 14.2. The van der Waals surface area contributed by atoms with Crippen molar-refractivity contribution >= 4 is 29.1 Å². The lowest BCUT2D eigenvalue weighted by atomic mass is 10.0. The molecule has 0 spiro atoms. The summed E-state index contributed by atoms with van der Waals surface area (Å²) in [6.45, 7) is 4.27. The maximum Gasteiger partial charge on any atom is 0.0410 e. The van der Waals surface area contributed by atoms with Crippen LogP contribution in [-0.2, 0) is 6.42 Å². The third kappa shape index (κ3) is 4.90. The summed E-state index contributed by atoms with van der Waals surface area (Å²) < 4.78 is 0. The largest absolute Gasteiger partial charge is 0.371 e. The first kappa shape index (κ1) is 16.7. The van der Waals surface area contributed by atoms with Gasteiger partial charge in [-0.3, -0.25) is 0 Å². The monoisotopic (exact) mass is 300 g/mol. The maximum absolute atomic E-state index is 6.12. The third-order valence-corrected chi connectivity index (χ3v) is 4.29. The number of rotatable bonds is 7. The Balaban J connectivity index is 3.03. The van der Waals surface area contributed by atoms with E-state index in [4.69, 9.17) is 17.3 Å². The van der Waals surface area contributed by atoms with E-state index in [1.807, 2.05) is 30.8 Å². The molecule has 0 bridgehead atoms. The van der Waals surface area contributed by atoms with Gasteiger partial charge in [-0.2, -0.15) is 11.8 Å². The topological polar surface area (TPSA) is 29.3 Å². The van der Waals surface area contributed by atoms with Crippen molar-refractivity contribution in [2.75, 3.05) is 24.0 Å². The van der Waals surface area contributed by atoms with Gasteiger partial charge in [-0.1, -0.05) is 18.5 Å². The van der Waals surface area contributed by atoms with E-state index in [1.54, 1.807) is 0 Å². The fraction of sp³-hybridized carbons (Fsp3) is 0.600. The summed E-state index contributed by atoms with van der Waals surface area (Å²) in [5.41, 5.74) is 8.44. The predicted molar refractivity (Wildman–Crippen MR) is 89.7 cm³/mol. The van der Waals surface area contributed by atoms with Crippen molar-refractivity contribution in [2.45, 2.75) is 38.8 Å². The zero-order valence-corrected chi connectivity index (χ0v) is 13.9. The lowest BCUT2D eigenvalue weighted by Gasteiger charge is -2.31. The number of benzene rings is 1. The van der Waals surface area contributed by atoms with Crippen LogP contribution in [0.5, 0.6) is 0 Å². The van der Waals surface area contributed by atoms with E-state index in [1.165, 1.54) is 11.3 Å². The van der Waals surface area contributed by atoms with Crippen LogP contribution in [0.15, 0.2) is 18.2 Å². The minimum Gasteiger partial charge on any atom is -0.371 e. The molecule has 0 amide bonds. The molecule has 1 aromatic rings. The van der Waals surface area contributed by atoms with Crippen LogP contribution < -0.4 is 10.6 Å². The lowest BCUT2D eigenvalue weighted by molar-refractivity contribution is 0.664. The molecule has 1 aromatic carbocycles. The second kappa shape index (κ2) is 8.03. The van der Waals surface area contributed by atoms with E-state index >= 15 is 0 Å². The molecule has 19 heavy (non-hydrogen) atoms. The quantitative estimate of drug-likeness (QED) is 0.830. The average Bonchev–Trinajstić information content (AvgIpc) is 2.34. The van der Waals surface area contributed by atoms with Crippen molar-refractivity contribution in [3.63, 3.8) is 0 Å². The highest BCUT2D eigenvalue weighted by Crippen LogP contribution is 2.27. The minimum absolute atomic E-state index is 0.145. The Labute approximate surface area is 126 Å². The van der Waals surface area contributed by atoms with E-state index in [2.05, 4.69) is 31.2 Å².